The molecule has 104 valence electrons. The Morgan fingerprint density at radius 1 is 1.56 bits per heavy atom. The number of hydrogen-bond acceptors (Lipinski definition) is 4. The highest BCUT2D eigenvalue weighted by molar-refractivity contribution is 7.09. The van der Waals surface area contributed by atoms with Crippen LogP contribution in [-0.4, -0.2) is 23.5 Å². The molecule has 0 aliphatic carbocycles. The number of aryl methyl sites for hydroxylation is 1. The zero-order chi connectivity index (χ0) is 11.4. The van der Waals surface area contributed by atoms with Crippen LogP contribution in [0, 0.1) is 6.92 Å². The van der Waals surface area contributed by atoms with Gasteiger partial charge in [-0.2, -0.15) is 0 Å². The third kappa shape index (κ3) is 5.10. The molecule has 2 heterocycles. The maximum atomic E-state index is 11.8. The second-order valence-electron chi connectivity index (χ2n) is 4.10. The van der Waals surface area contributed by atoms with Crippen LogP contribution in [0.1, 0.15) is 30.0 Å². The van der Waals surface area contributed by atoms with E-state index in [9.17, 15) is 4.79 Å². The minimum Gasteiger partial charge on any atom is -0.348 e. The lowest BCUT2D eigenvalue weighted by Crippen LogP contribution is -2.46. The number of nitrogens with zero attached hydrogens (tertiary/aromatic N) is 1. The lowest BCUT2D eigenvalue weighted by Gasteiger charge is -2.22. The second kappa shape index (κ2) is 8.69. The van der Waals surface area contributed by atoms with Crippen molar-refractivity contribution in [2.45, 2.75) is 38.8 Å². The molecule has 1 unspecified atom stereocenters. The Hall–Kier alpha value is -0.360. The minimum absolute atomic E-state index is 0. The fourth-order valence-electron chi connectivity index (χ4n) is 1.85. The van der Waals surface area contributed by atoms with E-state index in [4.69, 9.17) is 0 Å². The summed E-state index contributed by atoms with van der Waals surface area (Å²) in [7, 11) is 0. The highest BCUT2D eigenvalue weighted by Crippen LogP contribution is 2.09. The quantitative estimate of drug-likeness (QED) is 0.898. The van der Waals surface area contributed by atoms with Crippen molar-refractivity contribution in [2.75, 3.05) is 6.54 Å². The fraction of sp³-hybridized carbons (Fsp3) is 0.636. The number of halogens is 2. The number of rotatable bonds is 3. The predicted octanol–water partition coefficient (Wildman–Crippen LogP) is 2.05. The molecule has 0 spiro atoms. The van der Waals surface area contributed by atoms with Gasteiger partial charge >= 0.3 is 0 Å². The third-order valence-corrected chi connectivity index (χ3v) is 3.67. The monoisotopic (exact) mass is 311 g/mol. The first-order valence-corrected chi connectivity index (χ1v) is 6.56. The van der Waals surface area contributed by atoms with Crippen LogP contribution in [0.4, 0.5) is 0 Å². The van der Waals surface area contributed by atoms with Gasteiger partial charge in [-0.15, -0.1) is 36.2 Å². The second-order valence-corrected chi connectivity index (χ2v) is 5.05. The van der Waals surface area contributed by atoms with Crippen LogP contribution in [-0.2, 0) is 11.3 Å². The van der Waals surface area contributed by atoms with Gasteiger partial charge in [0.05, 0.1) is 12.6 Å². The Balaban J connectivity index is 0.00000144. The summed E-state index contributed by atoms with van der Waals surface area (Å²) in [5.74, 6) is 0.104. The summed E-state index contributed by atoms with van der Waals surface area (Å²) in [6.45, 7) is 3.47. The fourth-order valence-corrected chi connectivity index (χ4v) is 2.56. The highest BCUT2D eigenvalue weighted by atomic mass is 35.5. The molecule has 0 aromatic carbocycles. The maximum absolute atomic E-state index is 11.8. The van der Waals surface area contributed by atoms with Crippen molar-refractivity contribution in [3.63, 3.8) is 0 Å². The average Bonchev–Trinajstić information content (AvgIpc) is 2.73. The van der Waals surface area contributed by atoms with Crippen LogP contribution < -0.4 is 10.6 Å². The molecule has 7 heteroatoms. The van der Waals surface area contributed by atoms with Gasteiger partial charge in [-0.25, -0.2) is 4.98 Å². The van der Waals surface area contributed by atoms with Crippen molar-refractivity contribution < 1.29 is 4.79 Å². The molecule has 1 aromatic rings. The molecule has 0 radical (unpaired) electrons. The molecular formula is C11H19Cl2N3OS. The first-order chi connectivity index (χ1) is 7.75. The Morgan fingerprint density at radius 3 is 2.89 bits per heavy atom. The Labute approximate surface area is 124 Å². The predicted molar refractivity (Wildman–Crippen MR) is 78.8 cm³/mol. The van der Waals surface area contributed by atoms with E-state index in [1.165, 1.54) is 6.42 Å². The summed E-state index contributed by atoms with van der Waals surface area (Å²) in [6, 6.07) is -0.00481. The Bertz CT molecular complexity index is 367. The lowest BCUT2D eigenvalue weighted by atomic mass is 10.0. The van der Waals surface area contributed by atoms with Crippen LogP contribution in [0.15, 0.2) is 5.38 Å². The molecule has 2 N–H and O–H groups in total. The van der Waals surface area contributed by atoms with Gasteiger partial charge in [-0.1, -0.05) is 6.42 Å². The largest absolute Gasteiger partial charge is 0.348 e. The molecule has 4 nitrogen and oxygen atoms in total. The molecule has 1 aromatic heterocycles. The molecule has 1 aliphatic rings. The first kappa shape index (κ1) is 17.6. The van der Waals surface area contributed by atoms with Gasteiger partial charge in [0.1, 0.15) is 5.01 Å². The van der Waals surface area contributed by atoms with Crippen molar-refractivity contribution in [3.05, 3.63) is 16.1 Å². The highest BCUT2D eigenvalue weighted by Gasteiger charge is 2.19. The lowest BCUT2D eigenvalue weighted by molar-refractivity contribution is -0.123. The van der Waals surface area contributed by atoms with Crippen molar-refractivity contribution in [2.24, 2.45) is 0 Å². The van der Waals surface area contributed by atoms with Gasteiger partial charge in [0.25, 0.3) is 0 Å². The Morgan fingerprint density at radius 2 is 2.33 bits per heavy atom. The molecular weight excluding hydrogens is 293 g/mol. The molecule has 1 saturated heterocycles. The standard InChI is InChI=1S/C11H17N3OS.2ClH/c1-8-7-16-10(14-8)6-13-11(15)9-4-2-3-5-12-9;;/h7,9,12H,2-6H2,1H3,(H,13,15);2*1H. The average molecular weight is 312 g/mol. The summed E-state index contributed by atoms with van der Waals surface area (Å²) >= 11 is 1.59. The zero-order valence-electron chi connectivity index (χ0n) is 10.3. The molecule has 1 fully saturated rings. The maximum Gasteiger partial charge on any atom is 0.237 e. The van der Waals surface area contributed by atoms with E-state index >= 15 is 0 Å². The van der Waals surface area contributed by atoms with Crippen LogP contribution in [0.25, 0.3) is 0 Å². The van der Waals surface area contributed by atoms with Crippen LogP contribution in [0.3, 0.4) is 0 Å². The molecule has 18 heavy (non-hydrogen) atoms. The zero-order valence-corrected chi connectivity index (χ0v) is 12.7. The number of aromatic nitrogens is 1. The molecule has 0 bridgehead atoms. The van der Waals surface area contributed by atoms with Gasteiger partial charge in [0.2, 0.25) is 5.91 Å². The van der Waals surface area contributed by atoms with E-state index in [2.05, 4.69) is 15.6 Å². The van der Waals surface area contributed by atoms with E-state index in [1.807, 2.05) is 12.3 Å². The van der Waals surface area contributed by atoms with E-state index < -0.39 is 0 Å². The third-order valence-electron chi connectivity index (χ3n) is 2.71. The van der Waals surface area contributed by atoms with E-state index in [1.54, 1.807) is 11.3 Å². The number of nitrogens with one attached hydrogen (secondary N) is 2. The summed E-state index contributed by atoms with van der Waals surface area (Å²) in [4.78, 5) is 16.1. The molecule has 1 amide bonds. The van der Waals surface area contributed by atoms with E-state index in [-0.39, 0.29) is 36.8 Å². The molecule has 0 saturated carbocycles. The normalized spacial score (nSPS) is 18.4. The summed E-state index contributed by atoms with van der Waals surface area (Å²) in [6.07, 6.45) is 3.26. The summed E-state index contributed by atoms with van der Waals surface area (Å²) in [5, 5.41) is 9.13. The van der Waals surface area contributed by atoms with Crippen molar-refractivity contribution in [3.8, 4) is 0 Å². The molecule has 1 aliphatic heterocycles. The van der Waals surface area contributed by atoms with Crippen molar-refractivity contribution in [1.82, 2.24) is 15.6 Å². The molecule has 2 rings (SSSR count). The smallest absolute Gasteiger partial charge is 0.237 e. The van der Waals surface area contributed by atoms with Gasteiger partial charge in [-0.05, 0) is 26.3 Å². The topological polar surface area (TPSA) is 54.0 Å². The van der Waals surface area contributed by atoms with Crippen LogP contribution >= 0.6 is 36.2 Å². The summed E-state index contributed by atoms with van der Waals surface area (Å²) < 4.78 is 0. The van der Waals surface area contributed by atoms with Gasteiger partial charge in [0.15, 0.2) is 0 Å². The number of amides is 1. The van der Waals surface area contributed by atoms with E-state index in [0.717, 1.165) is 30.1 Å². The SMILES string of the molecule is Cc1csc(CNC(=O)C2CCCCN2)n1.Cl.Cl. The van der Waals surface area contributed by atoms with Gasteiger partial charge in [0, 0.05) is 11.1 Å². The summed E-state index contributed by atoms with van der Waals surface area (Å²) in [5.41, 5.74) is 1.02. The number of carbonyl (C=O) groups excluding carboxylic acids is 1. The van der Waals surface area contributed by atoms with Gasteiger partial charge in [-0.3, -0.25) is 4.79 Å². The van der Waals surface area contributed by atoms with Crippen LogP contribution in [0.5, 0.6) is 0 Å². The molecule has 1 atom stereocenters. The first-order valence-electron chi connectivity index (χ1n) is 5.68. The Kier molecular flexibility index (Phi) is 8.52. The van der Waals surface area contributed by atoms with E-state index in [0.29, 0.717) is 6.54 Å². The number of piperidine rings is 1. The number of hydrogen-bond donors (Lipinski definition) is 2. The van der Waals surface area contributed by atoms with Crippen molar-refractivity contribution in [1.29, 1.82) is 0 Å². The number of thiazole rings is 1. The van der Waals surface area contributed by atoms with Crippen molar-refractivity contribution >= 4 is 42.1 Å². The minimum atomic E-state index is -0.00481. The van der Waals surface area contributed by atoms with Gasteiger partial charge < -0.3 is 10.6 Å². The number of carbonyl (C=O) groups is 1. The van der Waals surface area contributed by atoms with Crippen LogP contribution in [0.2, 0.25) is 0 Å².